The van der Waals surface area contributed by atoms with E-state index >= 15 is 0 Å². The first-order chi connectivity index (χ1) is 9.13. The molecule has 4 nitrogen and oxygen atoms in total. The van der Waals surface area contributed by atoms with Gasteiger partial charge in [-0.2, -0.15) is 0 Å². The number of carbonyl (C=O) groups excluding carboxylic acids is 1. The van der Waals surface area contributed by atoms with Crippen molar-refractivity contribution in [1.82, 2.24) is 9.47 Å². The molecule has 102 valence electrons. The molecule has 1 aliphatic heterocycles. The van der Waals surface area contributed by atoms with Gasteiger partial charge in [-0.05, 0) is 19.4 Å². The van der Waals surface area contributed by atoms with Crippen molar-refractivity contribution < 1.29 is 4.79 Å². The van der Waals surface area contributed by atoms with Crippen molar-refractivity contribution >= 4 is 5.91 Å². The molecule has 0 aromatic carbocycles. The highest BCUT2D eigenvalue weighted by molar-refractivity contribution is 5.77. The van der Waals surface area contributed by atoms with Gasteiger partial charge in [-0.1, -0.05) is 25.1 Å². The van der Waals surface area contributed by atoms with E-state index in [9.17, 15) is 9.59 Å². The lowest BCUT2D eigenvalue weighted by Crippen LogP contribution is -2.36. The molecule has 0 bridgehead atoms. The zero-order chi connectivity index (χ0) is 13.8. The number of carbonyl (C=O) groups is 1. The molecule has 1 amide bonds. The second kappa shape index (κ2) is 5.87. The molecule has 1 aromatic rings. The monoisotopic (exact) mass is 260 g/mol. The molecule has 19 heavy (non-hydrogen) atoms. The maximum atomic E-state index is 12.2. The molecule has 1 aliphatic rings. The molecule has 0 saturated carbocycles. The van der Waals surface area contributed by atoms with Crippen LogP contribution in [0.1, 0.15) is 25.5 Å². The number of hydrogen-bond acceptors (Lipinski definition) is 2. The second-order valence-corrected chi connectivity index (χ2v) is 4.86. The Hall–Kier alpha value is -1.84. The Balaban J connectivity index is 1.99. The molecular formula is C15H20N2O2. The Morgan fingerprint density at radius 3 is 2.89 bits per heavy atom. The molecule has 0 unspecified atom stereocenters. The maximum Gasteiger partial charge on any atom is 0.250 e. The van der Waals surface area contributed by atoms with Crippen molar-refractivity contribution in [3.63, 3.8) is 0 Å². The zero-order valence-corrected chi connectivity index (χ0v) is 11.5. The largest absolute Gasteiger partial charge is 0.332 e. The molecule has 2 rings (SSSR count). The van der Waals surface area contributed by atoms with Crippen LogP contribution in [0.3, 0.4) is 0 Å². The van der Waals surface area contributed by atoms with Crippen LogP contribution in [0.15, 0.2) is 35.1 Å². The Bertz CT molecular complexity index is 545. The average Bonchev–Trinajstić information content (AvgIpc) is 2.86. The highest BCUT2D eigenvalue weighted by Crippen LogP contribution is 2.14. The van der Waals surface area contributed by atoms with Crippen molar-refractivity contribution in [2.24, 2.45) is 0 Å². The molecule has 2 heterocycles. The minimum Gasteiger partial charge on any atom is -0.332 e. The summed E-state index contributed by atoms with van der Waals surface area (Å²) in [6.07, 6.45) is 5.43. The summed E-state index contributed by atoms with van der Waals surface area (Å²) in [5, 5.41) is 0. The van der Waals surface area contributed by atoms with Gasteiger partial charge in [-0.3, -0.25) is 9.59 Å². The van der Waals surface area contributed by atoms with Crippen LogP contribution >= 0.6 is 0 Å². The lowest BCUT2D eigenvalue weighted by atomic mass is 10.2. The van der Waals surface area contributed by atoms with E-state index in [0.717, 1.165) is 12.1 Å². The molecule has 0 saturated heterocycles. The fourth-order valence-corrected chi connectivity index (χ4v) is 2.48. The van der Waals surface area contributed by atoms with Crippen molar-refractivity contribution in [1.29, 1.82) is 0 Å². The van der Waals surface area contributed by atoms with Crippen LogP contribution in [0.5, 0.6) is 0 Å². The van der Waals surface area contributed by atoms with Gasteiger partial charge in [0.05, 0.1) is 6.04 Å². The van der Waals surface area contributed by atoms with Crippen molar-refractivity contribution in [2.75, 3.05) is 6.54 Å². The smallest absolute Gasteiger partial charge is 0.250 e. The zero-order valence-electron chi connectivity index (χ0n) is 11.5. The van der Waals surface area contributed by atoms with E-state index in [-0.39, 0.29) is 17.5 Å². The molecular weight excluding hydrogens is 240 g/mol. The van der Waals surface area contributed by atoms with Crippen molar-refractivity contribution in [2.45, 2.75) is 39.3 Å². The lowest BCUT2D eigenvalue weighted by Gasteiger charge is -2.23. The van der Waals surface area contributed by atoms with Gasteiger partial charge in [-0.15, -0.1) is 0 Å². The van der Waals surface area contributed by atoms with E-state index in [1.807, 2.05) is 24.0 Å². The van der Waals surface area contributed by atoms with Crippen LogP contribution in [0.25, 0.3) is 0 Å². The van der Waals surface area contributed by atoms with Gasteiger partial charge in [0.1, 0.15) is 0 Å². The van der Waals surface area contributed by atoms with Crippen LogP contribution in [0.2, 0.25) is 0 Å². The number of pyridine rings is 1. The first-order valence-corrected chi connectivity index (χ1v) is 6.76. The van der Waals surface area contributed by atoms with Gasteiger partial charge in [-0.25, -0.2) is 0 Å². The number of amides is 1. The van der Waals surface area contributed by atoms with Gasteiger partial charge in [0.15, 0.2) is 0 Å². The number of nitrogens with zero attached hydrogens (tertiary/aromatic N) is 2. The third-order valence-corrected chi connectivity index (χ3v) is 3.62. The van der Waals surface area contributed by atoms with Gasteiger partial charge < -0.3 is 9.47 Å². The lowest BCUT2D eigenvalue weighted by molar-refractivity contribution is -0.131. The van der Waals surface area contributed by atoms with E-state index < -0.39 is 0 Å². The Kier molecular flexibility index (Phi) is 4.20. The summed E-state index contributed by atoms with van der Waals surface area (Å²) in [6.45, 7) is 5.11. The summed E-state index contributed by atoms with van der Waals surface area (Å²) in [4.78, 5) is 25.8. The van der Waals surface area contributed by atoms with E-state index in [0.29, 0.717) is 19.5 Å². The summed E-state index contributed by atoms with van der Waals surface area (Å²) >= 11 is 0. The van der Waals surface area contributed by atoms with E-state index in [4.69, 9.17) is 0 Å². The van der Waals surface area contributed by atoms with Crippen molar-refractivity contribution in [3.05, 3.63) is 46.4 Å². The standard InChI is InChI=1S/C15H20N2O2/c1-3-13-7-5-10-17(13)15(19)9-11-16-12(2)6-4-8-14(16)18/h4-8,13H,3,9-11H2,1-2H3/t13-/m0/s1. The minimum absolute atomic E-state index is 0.0422. The first-order valence-electron chi connectivity index (χ1n) is 6.76. The molecule has 0 fully saturated rings. The second-order valence-electron chi connectivity index (χ2n) is 4.86. The van der Waals surface area contributed by atoms with Crippen LogP contribution in [-0.4, -0.2) is 28.0 Å². The summed E-state index contributed by atoms with van der Waals surface area (Å²) in [6, 6.07) is 5.39. The van der Waals surface area contributed by atoms with Crippen LogP contribution in [0, 0.1) is 6.92 Å². The van der Waals surface area contributed by atoms with Crippen LogP contribution in [-0.2, 0) is 11.3 Å². The number of rotatable bonds is 4. The van der Waals surface area contributed by atoms with Crippen molar-refractivity contribution in [3.8, 4) is 0 Å². The highest BCUT2D eigenvalue weighted by Gasteiger charge is 2.22. The molecule has 4 heteroatoms. The average molecular weight is 260 g/mol. The molecule has 1 atom stereocenters. The summed E-state index contributed by atoms with van der Waals surface area (Å²) in [7, 11) is 0. The maximum absolute atomic E-state index is 12.2. The number of aromatic nitrogens is 1. The van der Waals surface area contributed by atoms with Gasteiger partial charge in [0, 0.05) is 31.3 Å². The van der Waals surface area contributed by atoms with E-state index in [1.165, 1.54) is 6.07 Å². The molecule has 1 aromatic heterocycles. The van der Waals surface area contributed by atoms with Gasteiger partial charge in [0.25, 0.3) is 5.56 Å². The number of aryl methyl sites for hydroxylation is 1. The third kappa shape index (κ3) is 2.95. The number of hydrogen-bond donors (Lipinski definition) is 0. The Morgan fingerprint density at radius 2 is 2.21 bits per heavy atom. The van der Waals surface area contributed by atoms with Gasteiger partial charge in [0.2, 0.25) is 5.91 Å². The summed E-state index contributed by atoms with van der Waals surface area (Å²) < 4.78 is 1.66. The predicted molar refractivity (Wildman–Crippen MR) is 75.0 cm³/mol. The fourth-order valence-electron chi connectivity index (χ4n) is 2.48. The first kappa shape index (κ1) is 13.6. The molecule has 0 spiro atoms. The van der Waals surface area contributed by atoms with Crippen LogP contribution < -0.4 is 5.56 Å². The minimum atomic E-state index is -0.0422. The Labute approximate surface area is 113 Å². The quantitative estimate of drug-likeness (QED) is 0.774. The topological polar surface area (TPSA) is 42.3 Å². The highest BCUT2D eigenvalue weighted by atomic mass is 16.2. The van der Waals surface area contributed by atoms with E-state index in [2.05, 4.69) is 13.0 Å². The third-order valence-electron chi connectivity index (χ3n) is 3.62. The Morgan fingerprint density at radius 1 is 1.42 bits per heavy atom. The van der Waals surface area contributed by atoms with Crippen LogP contribution in [0.4, 0.5) is 0 Å². The summed E-state index contributed by atoms with van der Waals surface area (Å²) in [5.74, 6) is 0.118. The normalized spacial score (nSPS) is 18.0. The predicted octanol–water partition coefficient (Wildman–Crippen LogP) is 1.72. The SMILES string of the molecule is CC[C@H]1C=CCN1C(=O)CCn1c(C)cccc1=O. The van der Waals surface area contributed by atoms with Gasteiger partial charge >= 0.3 is 0 Å². The van der Waals surface area contributed by atoms with E-state index in [1.54, 1.807) is 10.6 Å². The fraction of sp³-hybridized carbons (Fsp3) is 0.467. The molecule has 0 radical (unpaired) electrons. The molecule has 0 N–H and O–H groups in total. The molecule has 0 aliphatic carbocycles. The summed E-state index contributed by atoms with van der Waals surface area (Å²) in [5.41, 5.74) is 0.853.